The molecule has 3 aromatic carbocycles. The van der Waals surface area contributed by atoms with Crippen molar-refractivity contribution in [3.63, 3.8) is 0 Å². The summed E-state index contributed by atoms with van der Waals surface area (Å²) >= 11 is 0. The maximum Gasteiger partial charge on any atom is 0.277 e. The maximum atomic E-state index is 13.1. The van der Waals surface area contributed by atoms with Gasteiger partial charge < -0.3 is 9.84 Å². The van der Waals surface area contributed by atoms with Crippen molar-refractivity contribution in [1.29, 1.82) is 5.26 Å². The van der Waals surface area contributed by atoms with E-state index in [1.165, 1.54) is 10.8 Å². The van der Waals surface area contributed by atoms with Crippen LogP contribution in [-0.4, -0.2) is 28.4 Å². The van der Waals surface area contributed by atoms with Crippen molar-refractivity contribution < 1.29 is 14.6 Å². The van der Waals surface area contributed by atoms with Gasteiger partial charge in [0.05, 0.1) is 23.0 Å². The Morgan fingerprint density at radius 2 is 1.76 bits per heavy atom. The Balaban J connectivity index is 1.61. The summed E-state index contributed by atoms with van der Waals surface area (Å²) in [6.07, 6.45) is 1.28. The van der Waals surface area contributed by atoms with Crippen LogP contribution in [0.3, 0.4) is 0 Å². The highest BCUT2D eigenvalue weighted by Crippen LogP contribution is 2.26. The number of nitrogens with zero attached hydrogens (tertiary/aromatic N) is 3. The molecule has 0 saturated carbocycles. The number of aryl methyl sites for hydroxylation is 1. The largest absolute Gasteiger partial charge is 0.494 e. The molecule has 1 heterocycles. The van der Waals surface area contributed by atoms with Crippen LogP contribution < -0.4 is 15.7 Å². The van der Waals surface area contributed by atoms with Crippen molar-refractivity contribution in [2.45, 2.75) is 6.92 Å². The number of carbonyl (C=O) groups excluding carboxylic acids is 1. The first kappa shape index (κ1) is 22.3. The molecule has 0 atom stereocenters. The molecule has 4 aromatic rings. The van der Waals surface area contributed by atoms with Crippen LogP contribution >= 0.6 is 0 Å². The van der Waals surface area contributed by atoms with Crippen LogP contribution in [0.5, 0.6) is 11.6 Å². The number of amides is 1. The number of rotatable bonds is 6. The topological polar surface area (TPSA) is 117 Å². The number of hydrogen-bond acceptors (Lipinski definition) is 6. The molecule has 2 N–H and O–H groups in total. The Morgan fingerprint density at radius 1 is 1.09 bits per heavy atom. The fourth-order valence-electron chi connectivity index (χ4n) is 3.45. The van der Waals surface area contributed by atoms with Crippen LogP contribution in [-0.2, 0) is 4.79 Å². The van der Waals surface area contributed by atoms with Gasteiger partial charge in [0.2, 0.25) is 5.88 Å². The predicted octanol–water partition coefficient (Wildman–Crippen LogP) is 3.41. The third-order valence-electron chi connectivity index (χ3n) is 5.14. The zero-order valence-corrected chi connectivity index (χ0v) is 18.2. The van der Waals surface area contributed by atoms with E-state index in [2.05, 4.69) is 10.5 Å². The van der Waals surface area contributed by atoms with Gasteiger partial charge in [-0.3, -0.25) is 9.59 Å². The highest BCUT2D eigenvalue weighted by Gasteiger charge is 2.16. The molecule has 1 aromatic heterocycles. The van der Waals surface area contributed by atoms with E-state index in [1.807, 2.05) is 25.1 Å². The summed E-state index contributed by atoms with van der Waals surface area (Å²) in [6, 6.07) is 22.6. The highest BCUT2D eigenvalue weighted by molar-refractivity contribution is 6.02. The lowest BCUT2D eigenvalue weighted by atomic mass is 10.1. The molecule has 0 aliphatic rings. The number of fused-ring (bicyclic) bond motifs is 1. The van der Waals surface area contributed by atoms with E-state index in [4.69, 9.17) is 10.00 Å². The Morgan fingerprint density at radius 3 is 2.50 bits per heavy atom. The summed E-state index contributed by atoms with van der Waals surface area (Å²) in [7, 11) is 0. The molecular weight excluding hydrogens is 432 g/mol. The van der Waals surface area contributed by atoms with Crippen molar-refractivity contribution in [2.24, 2.45) is 5.10 Å². The van der Waals surface area contributed by atoms with Crippen molar-refractivity contribution in [3.05, 3.63) is 99.8 Å². The van der Waals surface area contributed by atoms with E-state index in [0.717, 1.165) is 5.56 Å². The summed E-state index contributed by atoms with van der Waals surface area (Å²) in [4.78, 5) is 25.3. The molecule has 0 fully saturated rings. The second-order valence-corrected chi connectivity index (χ2v) is 7.45. The number of aromatic nitrogens is 1. The van der Waals surface area contributed by atoms with Crippen LogP contribution in [0.4, 0.5) is 0 Å². The van der Waals surface area contributed by atoms with Gasteiger partial charge in [-0.2, -0.15) is 10.4 Å². The molecule has 8 heteroatoms. The number of nitriles is 1. The lowest BCUT2D eigenvalue weighted by molar-refractivity contribution is -0.123. The minimum absolute atomic E-state index is 0.270. The first-order chi connectivity index (χ1) is 16.5. The van der Waals surface area contributed by atoms with Gasteiger partial charge in [0.15, 0.2) is 6.61 Å². The number of benzene rings is 3. The highest BCUT2D eigenvalue weighted by atomic mass is 16.5. The Hall–Kier alpha value is -4.90. The zero-order chi connectivity index (χ0) is 24.1. The molecule has 0 aliphatic carbocycles. The standard InChI is InChI=1S/C26H20N4O4/c1-17-10-12-19(13-11-17)30-25(32)21-8-4-3-7-20(21)22(26(30)33)15-28-29-24(31)16-34-23-9-5-2-6-18(23)14-27/h2-13,15,33H,16H2,1H3,(H,29,31). The van der Waals surface area contributed by atoms with Gasteiger partial charge in [-0.05, 0) is 37.3 Å². The first-order valence-corrected chi connectivity index (χ1v) is 10.4. The van der Waals surface area contributed by atoms with E-state index in [-0.39, 0.29) is 29.4 Å². The van der Waals surface area contributed by atoms with Crippen molar-refractivity contribution >= 4 is 22.9 Å². The smallest absolute Gasteiger partial charge is 0.277 e. The van der Waals surface area contributed by atoms with Crippen LogP contribution in [0.15, 0.2) is 82.7 Å². The lowest BCUT2D eigenvalue weighted by Crippen LogP contribution is -2.25. The third kappa shape index (κ3) is 4.49. The average Bonchev–Trinajstić information content (AvgIpc) is 2.86. The minimum Gasteiger partial charge on any atom is -0.494 e. The summed E-state index contributed by atoms with van der Waals surface area (Å²) in [5, 5.41) is 24.9. The minimum atomic E-state index is -0.556. The van der Waals surface area contributed by atoms with E-state index in [1.54, 1.807) is 60.7 Å². The number of para-hydroxylation sites is 1. The summed E-state index contributed by atoms with van der Waals surface area (Å²) in [5.74, 6) is -0.567. The molecule has 34 heavy (non-hydrogen) atoms. The van der Waals surface area contributed by atoms with E-state index in [9.17, 15) is 14.7 Å². The molecule has 168 valence electrons. The molecular formula is C26H20N4O4. The van der Waals surface area contributed by atoms with Crippen LogP contribution in [0.2, 0.25) is 0 Å². The van der Waals surface area contributed by atoms with Crippen LogP contribution in [0.25, 0.3) is 16.5 Å². The number of nitrogens with one attached hydrogen (secondary N) is 1. The number of hydrazone groups is 1. The predicted molar refractivity (Wildman–Crippen MR) is 128 cm³/mol. The third-order valence-corrected chi connectivity index (χ3v) is 5.14. The first-order valence-electron chi connectivity index (χ1n) is 10.4. The molecule has 0 bridgehead atoms. The van der Waals surface area contributed by atoms with E-state index < -0.39 is 5.91 Å². The second kappa shape index (κ2) is 9.71. The lowest BCUT2D eigenvalue weighted by Gasteiger charge is -2.14. The number of ether oxygens (including phenoxy) is 1. The SMILES string of the molecule is Cc1ccc(-n2c(O)c(C=NNC(=O)COc3ccccc3C#N)c3ccccc3c2=O)cc1. The monoisotopic (exact) mass is 452 g/mol. The molecule has 0 aliphatic heterocycles. The van der Waals surface area contributed by atoms with Gasteiger partial charge in [0.25, 0.3) is 11.5 Å². The fraction of sp³-hybridized carbons (Fsp3) is 0.0769. The van der Waals surface area contributed by atoms with Gasteiger partial charge in [0.1, 0.15) is 11.8 Å². The van der Waals surface area contributed by atoms with Crippen molar-refractivity contribution in [3.8, 4) is 23.4 Å². The van der Waals surface area contributed by atoms with Gasteiger partial charge in [-0.1, -0.05) is 48.0 Å². The van der Waals surface area contributed by atoms with Gasteiger partial charge in [-0.25, -0.2) is 9.99 Å². The Labute approximate surface area is 195 Å². The van der Waals surface area contributed by atoms with Gasteiger partial charge in [-0.15, -0.1) is 0 Å². The normalized spacial score (nSPS) is 10.8. The summed E-state index contributed by atoms with van der Waals surface area (Å²) < 4.78 is 6.59. The Kier molecular flexibility index (Phi) is 6.37. The van der Waals surface area contributed by atoms with Gasteiger partial charge in [0, 0.05) is 10.8 Å². The number of carbonyl (C=O) groups is 1. The molecule has 0 radical (unpaired) electrons. The molecule has 4 rings (SSSR count). The second-order valence-electron chi connectivity index (χ2n) is 7.45. The van der Waals surface area contributed by atoms with Crippen molar-refractivity contribution in [1.82, 2.24) is 9.99 Å². The number of aromatic hydroxyl groups is 1. The quantitative estimate of drug-likeness (QED) is 0.344. The van der Waals surface area contributed by atoms with E-state index in [0.29, 0.717) is 22.0 Å². The van der Waals surface area contributed by atoms with Gasteiger partial charge >= 0.3 is 0 Å². The van der Waals surface area contributed by atoms with Crippen LogP contribution in [0.1, 0.15) is 16.7 Å². The average molecular weight is 452 g/mol. The number of hydrogen-bond donors (Lipinski definition) is 2. The molecule has 0 saturated heterocycles. The molecule has 1 amide bonds. The maximum absolute atomic E-state index is 13.1. The van der Waals surface area contributed by atoms with Crippen LogP contribution in [0, 0.1) is 18.3 Å². The molecule has 0 spiro atoms. The summed E-state index contributed by atoms with van der Waals surface area (Å²) in [5.41, 5.74) is 4.06. The van der Waals surface area contributed by atoms with Crippen molar-refractivity contribution in [2.75, 3.05) is 6.61 Å². The molecule has 0 unspecified atom stereocenters. The zero-order valence-electron chi connectivity index (χ0n) is 18.2. The molecule has 8 nitrogen and oxygen atoms in total. The van der Waals surface area contributed by atoms with E-state index >= 15 is 0 Å². The Bertz CT molecular complexity index is 1500. The summed E-state index contributed by atoms with van der Waals surface area (Å²) in [6.45, 7) is 1.57. The number of pyridine rings is 1. The fourth-order valence-corrected chi connectivity index (χ4v) is 3.45.